The summed E-state index contributed by atoms with van der Waals surface area (Å²) in [5.74, 6) is -0.782. The molecule has 0 fully saturated rings. The summed E-state index contributed by atoms with van der Waals surface area (Å²) in [5, 5.41) is 3.16. The van der Waals surface area contributed by atoms with Gasteiger partial charge in [-0.1, -0.05) is 11.6 Å². The van der Waals surface area contributed by atoms with Crippen molar-refractivity contribution in [1.29, 1.82) is 0 Å². The summed E-state index contributed by atoms with van der Waals surface area (Å²) in [4.78, 5) is 27.8. The summed E-state index contributed by atoms with van der Waals surface area (Å²) in [7, 11) is 1.29. The van der Waals surface area contributed by atoms with Gasteiger partial charge in [-0.15, -0.1) is 0 Å². The number of methoxy groups -OCH3 is 1. The molecule has 2 rings (SSSR count). The van der Waals surface area contributed by atoms with Crippen molar-refractivity contribution < 1.29 is 14.3 Å². The van der Waals surface area contributed by atoms with Crippen molar-refractivity contribution in [3.8, 4) is 0 Å². The number of aromatic nitrogens is 1. The molecule has 0 spiro atoms. The molecule has 22 heavy (non-hydrogen) atoms. The number of benzene rings is 1. The number of hydrogen-bond acceptors (Lipinski definition) is 4. The number of ether oxygens (including phenoxy) is 1. The molecule has 1 heterocycles. The monoisotopic (exact) mass is 318 g/mol. The zero-order valence-electron chi connectivity index (χ0n) is 12.2. The highest BCUT2D eigenvalue weighted by Crippen LogP contribution is 2.26. The molecule has 0 atom stereocenters. The van der Waals surface area contributed by atoms with Crippen LogP contribution in [-0.2, 0) is 16.0 Å². The van der Waals surface area contributed by atoms with Gasteiger partial charge in [0.1, 0.15) is 0 Å². The van der Waals surface area contributed by atoms with E-state index in [0.29, 0.717) is 10.7 Å². The van der Waals surface area contributed by atoms with Gasteiger partial charge in [-0.05, 0) is 42.3 Å². The van der Waals surface area contributed by atoms with E-state index in [1.165, 1.54) is 7.11 Å². The molecular formula is C16H15ClN2O3. The molecule has 5 nitrogen and oxygen atoms in total. The van der Waals surface area contributed by atoms with Crippen molar-refractivity contribution in [2.75, 3.05) is 12.4 Å². The van der Waals surface area contributed by atoms with Crippen LogP contribution in [0.4, 0.5) is 5.69 Å². The second-order valence-electron chi connectivity index (χ2n) is 4.72. The molecule has 0 saturated carbocycles. The van der Waals surface area contributed by atoms with Crippen LogP contribution < -0.4 is 5.32 Å². The normalized spacial score (nSPS) is 10.1. The molecular weight excluding hydrogens is 304 g/mol. The molecule has 0 aliphatic rings. The van der Waals surface area contributed by atoms with Gasteiger partial charge < -0.3 is 10.1 Å². The zero-order valence-corrected chi connectivity index (χ0v) is 13.0. The number of carbonyl (C=O) groups excluding carboxylic acids is 2. The van der Waals surface area contributed by atoms with Crippen LogP contribution in [0.1, 0.15) is 21.5 Å². The lowest BCUT2D eigenvalue weighted by Crippen LogP contribution is -2.17. The van der Waals surface area contributed by atoms with E-state index in [1.807, 2.05) is 0 Å². The van der Waals surface area contributed by atoms with E-state index in [1.54, 1.807) is 43.6 Å². The number of anilines is 1. The maximum atomic E-state index is 12.1. The Labute approximate surface area is 133 Å². The first-order valence-corrected chi connectivity index (χ1v) is 6.96. The van der Waals surface area contributed by atoms with Crippen molar-refractivity contribution in [2.24, 2.45) is 0 Å². The number of nitrogens with one attached hydrogen (secondary N) is 1. The first kappa shape index (κ1) is 16.0. The fraction of sp³-hybridized carbons (Fsp3) is 0.188. The van der Waals surface area contributed by atoms with E-state index >= 15 is 0 Å². The number of aryl methyl sites for hydroxylation is 1. The number of esters is 1. The van der Waals surface area contributed by atoms with Gasteiger partial charge >= 0.3 is 5.97 Å². The first-order chi connectivity index (χ1) is 10.5. The number of pyridine rings is 1. The van der Waals surface area contributed by atoms with Crippen molar-refractivity contribution in [3.63, 3.8) is 0 Å². The molecule has 0 bridgehead atoms. The Balaban J connectivity index is 2.23. The van der Waals surface area contributed by atoms with E-state index < -0.39 is 5.97 Å². The minimum Gasteiger partial charge on any atom is -0.465 e. The van der Waals surface area contributed by atoms with Gasteiger partial charge in [0, 0.05) is 17.4 Å². The molecule has 6 heteroatoms. The molecule has 1 aromatic carbocycles. The maximum absolute atomic E-state index is 12.1. The Bertz CT molecular complexity index is 702. The highest BCUT2D eigenvalue weighted by Gasteiger charge is 2.16. The van der Waals surface area contributed by atoms with Gasteiger partial charge in [0.25, 0.3) is 0 Å². The SMILES string of the molecule is COC(=O)c1cc(C)c(Cl)cc1NC(=O)Cc1ccncc1. The molecule has 1 N–H and O–H groups in total. The lowest BCUT2D eigenvalue weighted by Gasteiger charge is -2.12. The topological polar surface area (TPSA) is 68.3 Å². The van der Waals surface area contributed by atoms with Crippen LogP contribution in [0.2, 0.25) is 5.02 Å². The van der Waals surface area contributed by atoms with Gasteiger partial charge in [0.05, 0.1) is 24.8 Å². The number of amides is 1. The van der Waals surface area contributed by atoms with Crippen LogP contribution in [0, 0.1) is 6.92 Å². The fourth-order valence-electron chi connectivity index (χ4n) is 1.94. The average molecular weight is 319 g/mol. The molecule has 1 aromatic heterocycles. The molecule has 114 valence electrons. The van der Waals surface area contributed by atoms with Gasteiger partial charge in [-0.2, -0.15) is 0 Å². The minimum absolute atomic E-state index is 0.175. The summed E-state index contributed by atoms with van der Waals surface area (Å²) in [6, 6.07) is 6.65. The Kier molecular flexibility index (Phi) is 5.12. The Morgan fingerprint density at radius 3 is 2.59 bits per heavy atom. The highest BCUT2D eigenvalue weighted by molar-refractivity contribution is 6.32. The number of carbonyl (C=O) groups is 2. The van der Waals surface area contributed by atoms with Gasteiger partial charge in [0.2, 0.25) is 5.91 Å². The second kappa shape index (κ2) is 7.04. The Morgan fingerprint density at radius 2 is 1.95 bits per heavy atom. The van der Waals surface area contributed by atoms with Crippen molar-refractivity contribution in [2.45, 2.75) is 13.3 Å². The van der Waals surface area contributed by atoms with Gasteiger partial charge in [-0.3, -0.25) is 9.78 Å². The van der Waals surface area contributed by atoms with Crippen molar-refractivity contribution in [1.82, 2.24) is 4.98 Å². The van der Waals surface area contributed by atoms with E-state index in [-0.39, 0.29) is 17.9 Å². The van der Waals surface area contributed by atoms with Crippen molar-refractivity contribution >= 4 is 29.2 Å². The summed E-state index contributed by atoms with van der Waals surface area (Å²) in [6.07, 6.45) is 3.41. The van der Waals surface area contributed by atoms with Crippen LogP contribution in [0.15, 0.2) is 36.7 Å². The maximum Gasteiger partial charge on any atom is 0.339 e. The standard InChI is InChI=1S/C16H15ClN2O3/c1-10-7-12(16(21)22-2)14(9-13(10)17)19-15(20)8-11-3-5-18-6-4-11/h3-7,9H,8H2,1-2H3,(H,19,20). The molecule has 0 radical (unpaired) electrons. The van der Waals surface area contributed by atoms with Gasteiger partial charge in [0.15, 0.2) is 0 Å². The quantitative estimate of drug-likeness (QED) is 0.880. The third-order valence-corrected chi connectivity index (χ3v) is 3.50. The smallest absolute Gasteiger partial charge is 0.339 e. The fourth-order valence-corrected chi connectivity index (χ4v) is 2.11. The van der Waals surface area contributed by atoms with Crippen LogP contribution >= 0.6 is 11.6 Å². The Morgan fingerprint density at radius 1 is 1.27 bits per heavy atom. The first-order valence-electron chi connectivity index (χ1n) is 6.58. The Hall–Kier alpha value is -2.40. The van der Waals surface area contributed by atoms with Gasteiger partial charge in [-0.25, -0.2) is 4.79 Å². The van der Waals surface area contributed by atoms with Crippen LogP contribution in [0.3, 0.4) is 0 Å². The molecule has 0 aliphatic carbocycles. The number of hydrogen-bond donors (Lipinski definition) is 1. The number of rotatable bonds is 4. The predicted octanol–water partition coefficient (Wildman–Crippen LogP) is 3.01. The van der Waals surface area contributed by atoms with E-state index in [9.17, 15) is 9.59 Å². The number of nitrogens with zero attached hydrogens (tertiary/aromatic N) is 1. The third-order valence-electron chi connectivity index (χ3n) is 3.09. The summed E-state index contributed by atoms with van der Waals surface area (Å²) in [5.41, 5.74) is 2.16. The van der Waals surface area contributed by atoms with E-state index in [0.717, 1.165) is 11.1 Å². The summed E-state index contributed by atoms with van der Waals surface area (Å²) < 4.78 is 4.73. The molecule has 1 amide bonds. The van der Waals surface area contributed by atoms with E-state index in [2.05, 4.69) is 10.3 Å². The predicted molar refractivity (Wildman–Crippen MR) is 84.1 cm³/mol. The van der Waals surface area contributed by atoms with Crippen LogP contribution in [0.25, 0.3) is 0 Å². The zero-order chi connectivity index (χ0) is 16.1. The minimum atomic E-state index is -0.529. The average Bonchev–Trinajstić information content (AvgIpc) is 2.50. The lowest BCUT2D eigenvalue weighted by molar-refractivity contribution is -0.115. The largest absolute Gasteiger partial charge is 0.465 e. The summed E-state index contributed by atoms with van der Waals surface area (Å²) >= 11 is 6.07. The summed E-state index contributed by atoms with van der Waals surface area (Å²) in [6.45, 7) is 1.78. The lowest BCUT2D eigenvalue weighted by atomic mass is 10.1. The van der Waals surface area contributed by atoms with Crippen LogP contribution in [-0.4, -0.2) is 24.0 Å². The van der Waals surface area contributed by atoms with E-state index in [4.69, 9.17) is 16.3 Å². The highest BCUT2D eigenvalue weighted by atomic mass is 35.5. The van der Waals surface area contributed by atoms with Crippen LogP contribution in [0.5, 0.6) is 0 Å². The molecule has 0 saturated heterocycles. The third kappa shape index (κ3) is 3.83. The molecule has 2 aromatic rings. The molecule has 0 unspecified atom stereocenters. The second-order valence-corrected chi connectivity index (χ2v) is 5.13. The molecule has 0 aliphatic heterocycles. The number of halogens is 1. The van der Waals surface area contributed by atoms with Crippen molar-refractivity contribution in [3.05, 3.63) is 58.4 Å².